The molecule has 1 aromatic rings. The second-order valence-corrected chi connectivity index (χ2v) is 6.04. The maximum Gasteiger partial charge on any atom is 0.213 e. The highest BCUT2D eigenvalue weighted by Gasteiger charge is 2.30. The number of sulfonamides is 1. The third kappa shape index (κ3) is 2.74. The summed E-state index contributed by atoms with van der Waals surface area (Å²) >= 11 is 1.35. The Morgan fingerprint density at radius 2 is 2.36 bits per heavy atom. The quantitative estimate of drug-likeness (QED) is 0.761. The van der Waals surface area contributed by atoms with Crippen LogP contribution in [0.5, 0.6) is 0 Å². The number of aromatic nitrogens is 1. The zero-order valence-electron chi connectivity index (χ0n) is 8.02. The topological polar surface area (TPSA) is 85.1 Å². The minimum atomic E-state index is -3.31. The predicted octanol–water partition coefficient (Wildman–Crippen LogP) is -0.134. The highest BCUT2D eigenvalue weighted by molar-refractivity contribution is 7.89. The molecule has 0 saturated carbocycles. The summed E-state index contributed by atoms with van der Waals surface area (Å²) in [5, 5.41) is 2.39. The summed E-state index contributed by atoms with van der Waals surface area (Å²) in [7, 11) is -1.94. The van der Waals surface area contributed by atoms with Crippen LogP contribution in [0.4, 0.5) is 0 Å². The fraction of sp³-hybridized carbons (Fsp3) is 0.571. The van der Waals surface area contributed by atoms with Gasteiger partial charge in [0.2, 0.25) is 10.0 Å². The van der Waals surface area contributed by atoms with Crippen molar-refractivity contribution in [3.63, 3.8) is 0 Å². The van der Waals surface area contributed by atoms with Crippen molar-refractivity contribution in [3.05, 3.63) is 16.6 Å². The van der Waals surface area contributed by atoms with Crippen molar-refractivity contribution >= 4 is 21.4 Å². The van der Waals surface area contributed by atoms with Crippen molar-refractivity contribution in [2.24, 2.45) is 5.73 Å². The van der Waals surface area contributed by atoms with E-state index in [4.69, 9.17) is 5.73 Å². The molecular weight excluding hydrogens is 222 g/mol. The summed E-state index contributed by atoms with van der Waals surface area (Å²) in [4.78, 5) is 4.01. The van der Waals surface area contributed by atoms with E-state index in [1.165, 1.54) is 18.4 Å². The molecular formula is C7H13N3O2S2. The van der Waals surface area contributed by atoms with Gasteiger partial charge in [0.25, 0.3) is 0 Å². The lowest BCUT2D eigenvalue weighted by molar-refractivity contribution is 0.521. The van der Waals surface area contributed by atoms with Crippen molar-refractivity contribution < 1.29 is 8.42 Å². The maximum absolute atomic E-state index is 11.3. The van der Waals surface area contributed by atoms with E-state index < -0.39 is 15.6 Å². The van der Waals surface area contributed by atoms with Crippen LogP contribution in [-0.2, 0) is 15.6 Å². The molecule has 1 rings (SSSR count). The lowest BCUT2D eigenvalue weighted by Gasteiger charge is -2.21. The highest BCUT2D eigenvalue weighted by atomic mass is 32.2. The summed E-state index contributed by atoms with van der Waals surface area (Å²) in [6, 6.07) is 0. The Hall–Kier alpha value is -0.500. The summed E-state index contributed by atoms with van der Waals surface area (Å²) < 4.78 is 24.8. The molecule has 1 atom stereocenters. The number of thiazole rings is 1. The molecule has 0 aliphatic rings. The van der Waals surface area contributed by atoms with Gasteiger partial charge < -0.3 is 5.73 Å². The van der Waals surface area contributed by atoms with Crippen LogP contribution < -0.4 is 10.5 Å². The van der Waals surface area contributed by atoms with Gasteiger partial charge in [-0.2, -0.15) is 0 Å². The molecule has 0 bridgehead atoms. The lowest BCUT2D eigenvalue weighted by Crippen LogP contribution is -2.43. The molecule has 3 N–H and O–H groups in total. The number of nitrogens with zero attached hydrogens (tertiary/aromatic N) is 1. The molecule has 0 aliphatic heterocycles. The van der Waals surface area contributed by atoms with Gasteiger partial charge in [-0.05, 0) is 14.0 Å². The molecule has 0 amide bonds. The predicted molar refractivity (Wildman–Crippen MR) is 56.5 cm³/mol. The smallest absolute Gasteiger partial charge is 0.213 e. The molecule has 0 aliphatic carbocycles. The van der Waals surface area contributed by atoms with Crippen LogP contribution in [0, 0.1) is 0 Å². The summed E-state index contributed by atoms with van der Waals surface area (Å²) in [5.41, 5.74) is 4.94. The number of hydrogen-bond donors (Lipinski definition) is 2. The van der Waals surface area contributed by atoms with Crippen LogP contribution in [0.15, 0.2) is 11.6 Å². The molecule has 1 aromatic heterocycles. The van der Waals surface area contributed by atoms with E-state index in [0.29, 0.717) is 5.01 Å². The average molecular weight is 235 g/mol. The normalized spacial score (nSPS) is 16.5. The van der Waals surface area contributed by atoms with Crippen LogP contribution in [0.3, 0.4) is 0 Å². The SMILES string of the molecule is CNS(=O)(=O)CC(C)(N)c1nccs1. The van der Waals surface area contributed by atoms with Gasteiger partial charge in [0.05, 0.1) is 11.3 Å². The molecule has 0 aromatic carbocycles. The van der Waals surface area contributed by atoms with Crippen molar-refractivity contribution in [2.75, 3.05) is 12.8 Å². The van der Waals surface area contributed by atoms with E-state index in [1.807, 2.05) is 0 Å². The number of nitrogens with one attached hydrogen (secondary N) is 1. The first-order valence-electron chi connectivity index (χ1n) is 3.97. The number of nitrogens with two attached hydrogens (primary N) is 1. The van der Waals surface area contributed by atoms with E-state index in [2.05, 4.69) is 9.71 Å². The summed E-state index contributed by atoms with van der Waals surface area (Å²) in [6.45, 7) is 1.65. The summed E-state index contributed by atoms with van der Waals surface area (Å²) in [6.07, 6.45) is 1.61. The lowest BCUT2D eigenvalue weighted by atomic mass is 10.1. The molecule has 0 saturated heterocycles. The van der Waals surface area contributed by atoms with Crippen LogP contribution in [0.1, 0.15) is 11.9 Å². The first-order valence-corrected chi connectivity index (χ1v) is 6.51. The fourth-order valence-corrected chi connectivity index (χ4v) is 2.91. The number of hydrogen-bond acceptors (Lipinski definition) is 5. The van der Waals surface area contributed by atoms with Gasteiger partial charge >= 0.3 is 0 Å². The van der Waals surface area contributed by atoms with Crippen molar-refractivity contribution in [1.29, 1.82) is 0 Å². The van der Waals surface area contributed by atoms with E-state index in [-0.39, 0.29) is 5.75 Å². The van der Waals surface area contributed by atoms with E-state index in [0.717, 1.165) is 0 Å². The zero-order valence-corrected chi connectivity index (χ0v) is 9.65. The fourth-order valence-electron chi connectivity index (χ4n) is 1.03. The molecule has 0 radical (unpaired) electrons. The van der Waals surface area contributed by atoms with Crippen molar-refractivity contribution in [3.8, 4) is 0 Å². The van der Waals surface area contributed by atoms with Gasteiger partial charge in [-0.15, -0.1) is 11.3 Å². The number of rotatable bonds is 4. The molecule has 14 heavy (non-hydrogen) atoms. The first-order chi connectivity index (χ1) is 6.37. The Bertz CT molecular complexity index is 383. The molecule has 1 unspecified atom stereocenters. The highest BCUT2D eigenvalue weighted by Crippen LogP contribution is 2.21. The van der Waals surface area contributed by atoms with Crippen molar-refractivity contribution in [2.45, 2.75) is 12.5 Å². The third-order valence-corrected chi connectivity index (χ3v) is 4.38. The Morgan fingerprint density at radius 1 is 1.71 bits per heavy atom. The van der Waals surface area contributed by atoms with E-state index in [1.54, 1.807) is 18.5 Å². The minimum Gasteiger partial charge on any atom is -0.319 e. The van der Waals surface area contributed by atoms with Gasteiger partial charge in [-0.1, -0.05) is 0 Å². The molecule has 7 heteroatoms. The van der Waals surface area contributed by atoms with Crippen LogP contribution >= 0.6 is 11.3 Å². The van der Waals surface area contributed by atoms with Gasteiger partial charge in [0.1, 0.15) is 5.01 Å². The second kappa shape index (κ2) is 3.93. The molecule has 1 heterocycles. The average Bonchev–Trinajstić information content (AvgIpc) is 2.54. The standard InChI is InChI=1S/C7H13N3O2S2/c1-7(8,5-14(11,12)9-2)6-10-3-4-13-6/h3-4,9H,5,8H2,1-2H3. The second-order valence-electron chi connectivity index (χ2n) is 3.22. The zero-order chi connectivity index (χ0) is 10.8. The van der Waals surface area contributed by atoms with Crippen molar-refractivity contribution in [1.82, 2.24) is 9.71 Å². The van der Waals surface area contributed by atoms with Gasteiger partial charge in [0.15, 0.2) is 0 Å². The minimum absolute atomic E-state index is 0.163. The molecule has 0 spiro atoms. The maximum atomic E-state index is 11.3. The Labute approximate surface area is 87.4 Å². The third-order valence-electron chi connectivity index (χ3n) is 1.72. The first kappa shape index (κ1) is 11.6. The van der Waals surface area contributed by atoms with Gasteiger partial charge in [-0.25, -0.2) is 18.1 Å². The molecule has 80 valence electrons. The van der Waals surface area contributed by atoms with E-state index in [9.17, 15) is 8.42 Å². The Balaban J connectivity index is 2.88. The van der Waals surface area contributed by atoms with Crippen LogP contribution in [0.25, 0.3) is 0 Å². The van der Waals surface area contributed by atoms with Gasteiger partial charge in [0, 0.05) is 11.6 Å². The largest absolute Gasteiger partial charge is 0.319 e. The van der Waals surface area contributed by atoms with Gasteiger partial charge in [-0.3, -0.25) is 0 Å². The molecule has 0 fully saturated rings. The summed E-state index contributed by atoms with van der Waals surface area (Å²) in [5.74, 6) is -0.163. The van der Waals surface area contributed by atoms with Crippen LogP contribution in [-0.4, -0.2) is 26.2 Å². The van der Waals surface area contributed by atoms with Crippen LogP contribution in [0.2, 0.25) is 0 Å². The van der Waals surface area contributed by atoms with E-state index >= 15 is 0 Å². The Kier molecular flexibility index (Phi) is 3.25. The molecule has 5 nitrogen and oxygen atoms in total. The monoisotopic (exact) mass is 235 g/mol. The Morgan fingerprint density at radius 3 is 2.79 bits per heavy atom.